The van der Waals surface area contributed by atoms with Gasteiger partial charge in [-0.1, -0.05) is 68.1 Å². The second-order valence-electron chi connectivity index (χ2n) is 7.36. The summed E-state index contributed by atoms with van der Waals surface area (Å²) in [5.74, 6) is 0.927. The summed E-state index contributed by atoms with van der Waals surface area (Å²) in [6.45, 7) is 4.25. The topological polar surface area (TPSA) is 58.7 Å². The second kappa shape index (κ2) is 8.56. The summed E-state index contributed by atoms with van der Waals surface area (Å²) in [5.41, 5.74) is 4.33. The lowest BCUT2D eigenvalue weighted by Gasteiger charge is -2.18. The maximum Gasteiger partial charge on any atom is 0.266 e. The lowest BCUT2D eigenvalue weighted by atomic mass is 10.0. The number of hydrogen-bond acceptors (Lipinski definition) is 4. The van der Waals surface area contributed by atoms with E-state index in [4.69, 9.17) is 10.2 Å². The fraction of sp³-hybridized carbons (Fsp3) is 0.160. The standard InChI is InChI=1S/C25H21N3OS/c1-17(2)20-7-4-6-10-23(20)28-24(29)21-8-3-5-9-22(21)27-25(28)30-16-19-13-11-18(15-26)12-14-19/h3-14,17H,16H2,1-2H3. The highest BCUT2D eigenvalue weighted by atomic mass is 32.2. The average molecular weight is 412 g/mol. The number of aromatic nitrogens is 2. The molecule has 4 nitrogen and oxygen atoms in total. The van der Waals surface area contributed by atoms with E-state index >= 15 is 0 Å². The van der Waals surface area contributed by atoms with Gasteiger partial charge < -0.3 is 0 Å². The van der Waals surface area contributed by atoms with Crippen molar-refractivity contribution in [2.24, 2.45) is 0 Å². The van der Waals surface area contributed by atoms with E-state index in [1.54, 1.807) is 4.57 Å². The molecule has 0 aliphatic carbocycles. The molecule has 148 valence electrons. The highest BCUT2D eigenvalue weighted by molar-refractivity contribution is 7.98. The van der Waals surface area contributed by atoms with Gasteiger partial charge in [0.2, 0.25) is 0 Å². The third-order valence-electron chi connectivity index (χ3n) is 5.00. The third-order valence-corrected chi connectivity index (χ3v) is 6.01. The predicted molar refractivity (Wildman–Crippen MR) is 122 cm³/mol. The van der Waals surface area contributed by atoms with Crippen LogP contribution in [-0.4, -0.2) is 9.55 Å². The van der Waals surface area contributed by atoms with Gasteiger partial charge in [0.1, 0.15) is 0 Å². The van der Waals surface area contributed by atoms with Crippen molar-refractivity contribution in [3.05, 3.63) is 99.8 Å². The number of para-hydroxylation sites is 2. The molecule has 1 heterocycles. The Morgan fingerprint density at radius 3 is 2.43 bits per heavy atom. The van der Waals surface area contributed by atoms with Gasteiger partial charge in [0.05, 0.1) is 28.2 Å². The Balaban J connectivity index is 1.85. The van der Waals surface area contributed by atoms with Crippen LogP contribution in [-0.2, 0) is 5.75 Å². The molecule has 0 atom stereocenters. The van der Waals surface area contributed by atoms with Crippen molar-refractivity contribution in [1.29, 1.82) is 5.26 Å². The molecule has 0 unspecified atom stereocenters. The first-order valence-electron chi connectivity index (χ1n) is 9.81. The first-order valence-corrected chi connectivity index (χ1v) is 10.8. The van der Waals surface area contributed by atoms with Gasteiger partial charge in [0.25, 0.3) is 5.56 Å². The van der Waals surface area contributed by atoms with Crippen LogP contribution in [0.1, 0.15) is 36.5 Å². The van der Waals surface area contributed by atoms with Crippen molar-refractivity contribution in [2.75, 3.05) is 0 Å². The van der Waals surface area contributed by atoms with E-state index in [0.717, 1.165) is 16.8 Å². The molecule has 0 aliphatic rings. The van der Waals surface area contributed by atoms with Crippen LogP contribution >= 0.6 is 11.8 Å². The maximum absolute atomic E-state index is 13.5. The van der Waals surface area contributed by atoms with Crippen LogP contribution in [0.5, 0.6) is 0 Å². The number of benzene rings is 3. The van der Waals surface area contributed by atoms with Gasteiger partial charge in [0, 0.05) is 5.75 Å². The molecule has 1 aromatic heterocycles. The van der Waals surface area contributed by atoms with Crippen LogP contribution in [0.4, 0.5) is 0 Å². The summed E-state index contributed by atoms with van der Waals surface area (Å²) in [6, 6.07) is 25.1. The van der Waals surface area contributed by atoms with Gasteiger partial charge >= 0.3 is 0 Å². The number of rotatable bonds is 5. The third kappa shape index (κ3) is 3.87. The van der Waals surface area contributed by atoms with Gasteiger partial charge in [-0.15, -0.1) is 0 Å². The Bertz CT molecular complexity index is 1300. The summed E-state index contributed by atoms with van der Waals surface area (Å²) in [6.07, 6.45) is 0. The number of nitriles is 1. The highest BCUT2D eigenvalue weighted by Gasteiger charge is 2.17. The van der Waals surface area contributed by atoms with Gasteiger partial charge in [-0.2, -0.15) is 5.26 Å². The summed E-state index contributed by atoms with van der Waals surface area (Å²) in [5, 5.41) is 10.3. The second-order valence-corrected chi connectivity index (χ2v) is 8.31. The Hall–Kier alpha value is -3.36. The molecule has 3 aromatic carbocycles. The lowest BCUT2D eigenvalue weighted by Crippen LogP contribution is -2.23. The van der Waals surface area contributed by atoms with E-state index in [2.05, 4.69) is 26.0 Å². The maximum atomic E-state index is 13.5. The van der Waals surface area contributed by atoms with E-state index in [1.165, 1.54) is 11.8 Å². The van der Waals surface area contributed by atoms with E-state index in [-0.39, 0.29) is 11.5 Å². The minimum atomic E-state index is -0.0592. The Labute approximate surface area is 179 Å². The van der Waals surface area contributed by atoms with Crippen LogP contribution in [0.3, 0.4) is 0 Å². The fourth-order valence-electron chi connectivity index (χ4n) is 3.42. The van der Waals surface area contributed by atoms with Crippen molar-refractivity contribution in [2.45, 2.75) is 30.7 Å². The molecule has 4 rings (SSSR count). The largest absolute Gasteiger partial charge is 0.268 e. The summed E-state index contributed by atoms with van der Waals surface area (Å²) < 4.78 is 1.74. The summed E-state index contributed by atoms with van der Waals surface area (Å²) in [4.78, 5) is 18.3. The molecule has 0 aliphatic heterocycles. The Morgan fingerprint density at radius 2 is 1.70 bits per heavy atom. The average Bonchev–Trinajstić information content (AvgIpc) is 2.78. The van der Waals surface area contributed by atoms with Crippen LogP contribution in [0.25, 0.3) is 16.6 Å². The lowest BCUT2D eigenvalue weighted by molar-refractivity contribution is 0.780. The zero-order valence-corrected chi connectivity index (χ0v) is 17.7. The highest BCUT2D eigenvalue weighted by Crippen LogP contribution is 2.28. The van der Waals surface area contributed by atoms with Crippen LogP contribution in [0.2, 0.25) is 0 Å². The quantitative estimate of drug-likeness (QED) is 0.313. The Kier molecular flexibility index (Phi) is 5.69. The van der Waals surface area contributed by atoms with Gasteiger partial charge in [0.15, 0.2) is 5.16 Å². The molecule has 0 amide bonds. The SMILES string of the molecule is CC(C)c1ccccc1-n1c(SCc2ccc(C#N)cc2)nc2ccccc2c1=O. The molecule has 0 N–H and O–H groups in total. The monoisotopic (exact) mass is 411 g/mol. The molecule has 0 bridgehead atoms. The van der Waals surface area contributed by atoms with Crippen molar-refractivity contribution < 1.29 is 0 Å². The van der Waals surface area contributed by atoms with Crippen molar-refractivity contribution in [1.82, 2.24) is 9.55 Å². The van der Waals surface area contributed by atoms with Gasteiger partial charge in [-0.05, 0) is 47.4 Å². The Morgan fingerprint density at radius 1 is 1.00 bits per heavy atom. The first kappa shape index (κ1) is 19.9. The minimum Gasteiger partial charge on any atom is -0.268 e. The molecule has 0 fully saturated rings. The van der Waals surface area contributed by atoms with Crippen molar-refractivity contribution in [3.63, 3.8) is 0 Å². The molecule has 5 heteroatoms. The zero-order chi connectivity index (χ0) is 21.1. The minimum absolute atomic E-state index is 0.0592. The number of nitrogens with zero attached hydrogens (tertiary/aromatic N) is 3. The molecule has 0 radical (unpaired) electrons. The molecule has 0 spiro atoms. The summed E-state index contributed by atoms with van der Waals surface area (Å²) in [7, 11) is 0. The number of hydrogen-bond donors (Lipinski definition) is 0. The predicted octanol–water partition coefficient (Wildman–Crippen LogP) is 5.67. The van der Waals surface area contributed by atoms with Crippen LogP contribution in [0, 0.1) is 11.3 Å². The van der Waals surface area contributed by atoms with Crippen LogP contribution in [0.15, 0.2) is 82.7 Å². The zero-order valence-electron chi connectivity index (χ0n) is 16.9. The molecule has 0 saturated carbocycles. The van der Waals surface area contributed by atoms with E-state index in [0.29, 0.717) is 27.4 Å². The number of fused-ring (bicyclic) bond motifs is 1. The molecular formula is C25H21N3OS. The molecule has 4 aromatic rings. The van der Waals surface area contributed by atoms with Crippen LogP contribution < -0.4 is 5.56 Å². The van der Waals surface area contributed by atoms with Gasteiger partial charge in [-0.3, -0.25) is 9.36 Å². The van der Waals surface area contributed by atoms with E-state index in [1.807, 2.05) is 66.7 Å². The molecular weight excluding hydrogens is 390 g/mol. The van der Waals surface area contributed by atoms with Gasteiger partial charge in [-0.25, -0.2) is 4.98 Å². The van der Waals surface area contributed by atoms with Crippen molar-refractivity contribution in [3.8, 4) is 11.8 Å². The summed E-state index contributed by atoms with van der Waals surface area (Å²) >= 11 is 1.53. The molecule has 0 saturated heterocycles. The van der Waals surface area contributed by atoms with Crippen molar-refractivity contribution >= 4 is 22.7 Å². The first-order chi connectivity index (χ1) is 14.6. The van der Waals surface area contributed by atoms with E-state index in [9.17, 15) is 4.79 Å². The normalized spacial score (nSPS) is 11.0. The smallest absolute Gasteiger partial charge is 0.266 e. The molecule has 30 heavy (non-hydrogen) atoms. The fourth-order valence-corrected chi connectivity index (χ4v) is 4.39. The van der Waals surface area contributed by atoms with E-state index < -0.39 is 0 Å². The number of thioether (sulfide) groups is 1.